The number of hydrogen-bond donors (Lipinski definition) is 1. The van der Waals surface area contributed by atoms with Crippen LogP contribution in [0.25, 0.3) is 11.3 Å². The van der Waals surface area contributed by atoms with E-state index in [4.69, 9.17) is 4.74 Å². The highest BCUT2D eigenvalue weighted by Crippen LogP contribution is 2.32. The minimum Gasteiger partial charge on any atom is -0.497 e. The number of piperidine rings is 1. The second-order valence-corrected chi connectivity index (χ2v) is 12.0. The first-order valence-corrected chi connectivity index (χ1v) is 14.4. The van der Waals surface area contributed by atoms with E-state index < -0.39 is 10.0 Å². The molecule has 1 saturated heterocycles. The highest BCUT2D eigenvalue weighted by atomic mass is 32.2. The van der Waals surface area contributed by atoms with Crippen LogP contribution in [0.4, 0.5) is 5.13 Å². The first-order valence-electron chi connectivity index (χ1n) is 10.9. The molecular weight excluding hydrogens is 490 g/mol. The molecule has 1 aromatic heterocycles. The molecule has 1 aliphatic heterocycles. The maximum absolute atomic E-state index is 13.0. The van der Waals surface area contributed by atoms with Gasteiger partial charge in [0.05, 0.1) is 17.7 Å². The van der Waals surface area contributed by atoms with E-state index >= 15 is 0 Å². The molecule has 0 spiro atoms. The summed E-state index contributed by atoms with van der Waals surface area (Å²) in [6.07, 6.45) is 2.90. The molecule has 0 unspecified atom stereocenters. The number of aryl methyl sites for hydroxylation is 1. The van der Waals surface area contributed by atoms with Crippen LogP contribution in [-0.2, 0) is 14.8 Å². The predicted octanol–water partition coefficient (Wildman–Crippen LogP) is 4.89. The van der Waals surface area contributed by atoms with Crippen molar-refractivity contribution in [1.82, 2.24) is 9.29 Å². The van der Waals surface area contributed by atoms with E-state index in [-0.39, 0.29) is 16.7 Å². The van der Waals surface area contributed by atoms with Gasteiger partial charge in [-0.2, -0.15) is 4.31 Å². The third-order valence-corrected chi connectivity index (χ3v) is 9.45. The van der Waals surface area contributed by atoms with Crippen LogP contribution in [0.1, 0.15) is 17.7 Å². The molecule has 0 bridgehead atoms. The summed E-state index contributed by atoms with van der Waals surface area (Å²) in [5, 5.41) is 3.49. The third-order valence-electron chi connectivity index (χ3n) is 5.91. The quantitative estimate of drug-likeness (QED) is 0.449. The Bertz CT molecular complexity index is 1250. The number of ether oxygens (including phenoxy) is 1. The minimum absolute atomic E-state index is 0.114. The molecule has 1 fully saturated rings. The average Bonchev–Trinajstić information content (AvgIpc) is 3.23. The van der Waals surface area contributed by atoms with Gasteiger partial charge in [0, 0.05) is 34.3 Å². The van der Waals surface area contributed by atoms with E-state index in [1.165, 1.54) is 15.6 Å². The van der Waals surface area contributed by atoms with Gasteiger partial charge in [-0.15, -0.1) is 23.1 Å². The van der Waals surface area contributed by atoms with Gasteiger partial charge in [0.1, 0.15) is 5.75 Å². The van der Waals surface area contributed by atoms with Crippen LogP contribution in [0.5, 0.6) is 5.75 Å². The van der Waals surface area contributed by atoms with Gasteiger partial charge >= 0.3 is 0 Å². The topological polar surface area (TPSA) is 88.6 Å². The molecule has 4 rings (SSSR count). The van der Waals surface area contributed by atoms with E-state index in [9.17, 15) is 13.2 Å². The highest BCUT2D eigenvalue weighted by Gasteiger charge is 2.32. The fourth-order valence-corrected chi connectivity index (χ4v) is 6.65. The van der Waals surface area contributed by atoms with Gasteiger partial charge in [0.25, 0.3) is 0 Å². The van der Waals surface area contributed by atoms with E-state index in [1.54, 1.807) is 31.0 Å². The molecule has 0 radical (unpaired) electrons. The molecule has 1 amide bonds. The Balaban J connectivity index is 1.37. The van der Waals surface area contributed by atoms with Crippen molar-refractivity contribution in [2.75, 3.05) is 31.8 Å². The molecule has 180 valence electrons. The summed E-state index contributed by atoms with van der Waals surface area (Å²) in [5.41, 5.74) is 1.79. The highest BCUT2D eigenvalue weighted by molar-refractivity contribution is 7.98. The van der Waals surface area contributed by atoms with Gasteiger partial charge in [-0.3, -0.25) is 4.79 Å². The number of benzene rings is 2. The lowest BCUT2D eigenvalue weighted by Crippen LogP contribution is -2.41. The number of thioether (sulfide) groups is 1. The molecule has 10 heteroatoms. The Labute approximate surface area is 208 Å². The van der Waals surface area contributed by atoms with E-state index in [0.29, 0.717) is 31.1 Å². The van der Waals surface area contributed by atoms with E-state index in [0.717, 1.165) is 26.8 Å². The normalized spacial score (nSPS) is 15.3. The fraction of sp³-hybridized carbons (Fsp3) is 0.333. The van der Waals surface area contributed by atoms with Crippen molar-refractivity contribution >= 4 is 44.2 Å². The first kappa shape index (κ1) is 24.7. The summed E-state index contributed by atoms with van der Waals surface area (Å²) < 4.78 is 32.6. The van der Waals surface area contributed by atoms with Gasteiger partial charge in [0.2, 0.25) is 15.9 Å². The summed E-state index contributed by atoms with van der Waals surface area (Å²) in [6.45, 7) is 2.61. The number of anilines is 1. The van der Waals surface area contributed by atoms with Crippen LogP contribution in [0, 0.1) is 12.8 Å². The predicted molar refractivity (Wildman–Crippen MR) is 137 cm³/mol. The molecule has 0 saturated carbocycles. The van der Waals surface area contributed by atoms with Crippen molar-refractivity contribution in [2.45, 2.75) is 29.6 Å². The Morgan fingerprint density at radius 2 is 1.76 bits per heavy atom. The number of methoxy groups -OCH3 is 1. The number of rotatable bonds is 7. The van der Waals surface area contributed by atoms with Crippen LogP contribution in [0.2, 0.25) is 0 Å². The van der Waals surface area contributed by atoms with Crippen LogP contribution in [0.3, 0.4) is 0 Å². The number of carbonyl (C=O) groups excluding carboxylic acids is 1. The molecule has 2 aromatic carbocycles. The lowest BCUT2D eigenvalue weighted by molar-refractivity contribution is -0.120. The van der Waals surface area contributed by atoms with Crippen LogP contribution in [-0.4, -0.2) is 50.1 Å². The van der Waals surface area contributed by atoms with Crippen molar-refractivity contribution in [1.29, 1.82) is 0 Å². The number of amides is 1. The molecular formula is C24H27N3O4S3. The number of thiazole rings is 1. The molecule has 7 nitrogen and oxygen atoms in total. The van der Waals surface area contributed by atoms with Gasteiger partial charge in [-0.1, -0.05) is 0 Å². The zero-order valence-corrected chi connectivity index (χ0v) is 21.7. The maximum atomic E-state index is 13.0. The van der Waals surface area contributed by atoms with Crippen molar-refractivity contribution in [3.8, 4) is 17.0 Å². The zero-order valence-electron chi connectivity index (χ0n) is 19.3. The lowest BCUT2D eigenvalue weighted by Gasteiger charge is -2.30. The molecule has 34 heavy (non-hydrogen) atoms. The van der Waals surface area contributed by atoms with Crippen molar-refractivity contribution in [3.63, 3.8) is 0 Å². The number of hydrogen-bond acceptors (Lipinski definition) is 7. The van der Waals surface area contributed by atoms with Gasteiger partial charge in [0.15, 0.2) is 5.13 Å². The Morgan fingerprint density at radius 1 is 1.12 bits per heavy atom. The fourth-order valence-electron chi connectivity index (χ4n) is 3.93. The number of nitrogens with zero attached hydrogens (tertiary/aromatic N) is 2. The second-order valence-electron chi connectivity index (χ2n) is 8.00. The zero-order chi connectivity index (χ0) is 24.3. The van der Waals surface area contributed by atoms with Gasteiger partial charge < -0.3 is 10.1 Å². The van der Waals surface area contributed by atoms with E-state index in [2.05, 4.69) is 10.3 Å². The van der Waals surface area contributed by atoms with Crippen molar-refractivity contribution in [3.05, 3.63) is 53.4 Å². The third kappa shape index (κ3) is 5.30. The Hall–Kier alpha value is -2.40. The smallest absolute Gasteiger partial charge is 0.243 e. The van der Waals surface area contributed by atoms with Gasteiger partial charge in [-0.25, -0.2) is 13.4 Å². The molecule has 1 N–H and O–H groups in total. The van der Waals surface area contributed by atoms with Gasteiger partial charge in [-0.05, 0) is 74.6 Å². The summed E-state index contributed by atoms with van der Waals surface area (Å²) in [5.74, 6) is 0.408. The molecule has 3 aromatic rings. The lowest BCUT2D eigenvalue weighted by atomic mass is 9.97. The van der Waals surface area contributed by atoms with E-state index in [1.807, 2.05) is 49.6 Å². The number of nitrogens with one attached hydrogen (secondary N) is 1. The SMILES string of the molecule is COc1ccc(-c2nc(NC(=O)C3CCN(S(=O)(=O)c4ccc(SC)cc4)CC3)sc2C)cc1. The average molecular weight is 518 g/mol. The van der Waals surface area contributed by atoms with Crippen LogP contribution < -0.4 is 10.1 Å². The van der Waals surface area contributed by atoms with Crippen molar-refractivity contribution in [2.24, 2.45) is 5.92 Å². The van der Waals surface area contributed by atoms with Crippen LogP contribution >= 0.6 is 23.1 Å². The maximum Gasteiger partial charge on any atom is 0.243 e. The summed E-state index contributed by atoms with van der Waals surface area (Å²) in [6, 6.07) is 14.6. The molecule has 2 heterocycles. The monoisotopic (exact) mass is 517 g/mol. The summed E-state index contributed by atoms with van der Waals surface area (Å²) in [4.78, 5) is 19.8. The minimum atomic E-state index is -3.56. The second kappa shape index (κ2) is 10.5. The number of sulfonamides is 1. The summed E-state index contributed by atoms with van der Waals surface area (Å²) >= 11 is 3.00. The largest absolute Gasteiger partial charge is 0.497 e. The molecule has 1 aliphatic rings. The summed E-state index contributed by atoms with van der Waals surface area (Å²) in [7, 11) is -1.94. The number of aromatic nitrogens is 1. The molecule has 0 atom stereocenters. The standard InChI is InChI=1S/C24H27N3O4S3/c1-16-22(17-4-6-19(31-2)7-5-17)25-24(33-16)26-23(28)18-12-14-27(15-13-18)34(29,30)21-10-8-20(32-3)9-11-21/h4-11,18H,12-15H2,1-3H3,(H,25,26,28). The first-order chi connectivity index (χ1) is 16.3. The Morgan fingerprint density at radius 3 is 2.35 bits per heavy atom. The molecule has 0 aliphatic carbocycles. The van der Waals surface area contributed by atoms with Crippen LogP contribution in [0.15, 0.2) is 58.3 Å². The van der Waals surface area contributed by atoms with Crippen molar-refractivity contribution < 1.29 is 17.9 Å². The number of carbonyl (C=O) groups is 1. The Kier molecular flexibility index (Phi) is 7.61.